The third kappa shape index (κ3) is 6.62. The molecule has 1 unspecified atom stereocenters. The van der Waals surface area contributed by atoms with Gasteiger partial charge in [0.1, 0.15) is 11.5 Å². The lowest BCUT2D eigenvalue weighted by atomic mass is 10.2. The zero-order valence-electron chi connectivity index (χ0n) is 14.4. The number of urea groups is 1. The maximum atomic E-state index is 11.8. The van der Waals surface area contributed by atoms with Crippen LogP contribution < -0.4 is 10.6 Å². The zero-order valence-corrected chi connectivity index (χ0v) is 15.2. The van der Waals surface area contributed by atoms with Crippen LogP contribution in [0.1, 0.15) is 44.8 Å². The molecule has 2 N–H and O–H groups in total. The van der Waals surface area contributed by atoms with E-state index in [2.05, 4.69) is 10.6 Å². The smallest absolute Gasteiger partial charge is 0.315 e. The van der Waals surface area contributed by atoms with E-state index in [1.807, 2.05) is 39.8 Å². The number of nitrogens with one attached hydrogen (secondary N) is 2. The predicted octanol–water partition coefficient (Wildman–Crippen LogP) is 2.01. The lowest BCUT2D eigenvalue weighted by Gasteiger charge is -2.23. The quantitative estimate of drug-likeness (QED) is 0.705. The number of carbonyl (C=O) groups is 1. The SMILES string of the molecule is Cc1ccc(C(C)NC(=O)NCCCN(C(C)C)S(C)(=O)=O)o1. The summed E-state index contributed by atoms with van der Waals surface area (Å²) in [5.41, 5.74) is 0. The first-order chi connectivity index (χ1) is 10.6. The highest BCUT2D eigenvalue weighted by Crippen LogP contribution is 2.15. The first kappa shape index (κ1) is 19.5. The van der Waals surface area contributed by atoms with Crippen LogP contribution in [0.2, 0.25) is 0 Å². The number of nitrogens with zero attached hydrogens (tertiary/aromatic N) is 1. The summed E-state index contributed by atoms with van der Waals surface area (Å²) in [4.78, 5) is 11.8. The molecule has 0 bridgehead atoms. The third-order valence-electron chi connectivity index (χ3n) is 3.38. The molecule has 2 amide bonds. The number of carbonyl (C=O) groups excluding carboxylic acids is 1. The normalized spacial score (nSPS) is 13.3. The average Bonchev–Trinajstić information content (AvgIpc) is 2.83. The highest BCUT2D eigenvalue weighted by atomic mass is 32.2. The number of hydrogen-bond acceptors (Lipinski definition) is 4. The van der Waals surface area contributed by atoms with Gasteiger partial charge in [-0.2, -0.15) is 4.31 Å². The maximum absolute atomic E-state index is 11.8. The van der Waals surface area contributed by atoms with Crippen LogP contribution in [0.25, 0.3) is 0 Å². The average molecular weight is 345 g/mol. The van der Waals surface area contributed by atoms with E-state index in [4.69, 9.17) is 4.42 Å². The van der Waals surface area contributed by atoms with E-state index in [0.717, 1.165) is 5.76 Å². The number of furan rings is 1. The molecule has 0 saturated carbocycles. The van der Waals surface area contributed by atoms with Gasteiger partial charge in [0, 0.05) is 19.1 Å². The number of aryl methyl sites for hydroxylation is 1. The lowest BCUT2D eigenvalue weighted by molar-refractivity contribution is 0.235. The van der Waals surface area contributed by atoms with Crippen molar-refractivity contribution in [1.82, 2.24) is 14.9 Å². The van der Waals surface area contributed by atoms with E-state index in [0.29, 0.717) is 25.3 Å². The van der Waals surface area contributed by atoms with Crippen molar-refractivity contribution in [2.24, 2.45) is 0 Å². The summed E-state index contributed by atoms with van der Waals surface area (Å²) in [6.07, 6.45) is 1.74. The van der Waals surface area contributed by atoms with Crippen LogP contribution in [-0.4, -0.2) is 44.1 Å². The second kappa shape index (κ2) is 8.35. The Labute approximate surface area is 138 Å². The van der Waals surface area contributed by atoms with Gasteiger partial charge in [-0.25, -0.2) is 13.2 Å². The van der Waals surface area contributed by atoms with Gasteiger partial charge in [0.2, 0.25) is 10.0 Å². The molecular weight excluding hydrogens is 318 g/mol. The fourth-order valence-electron chi connectivity index (χ4n) is 2.25. The molecule has 0 aliphatic heterocycles. The fourth-order valence-corrected chi connectivity index (χ4v) is 3.48. The van der Waals surface area contributed by atoms with Crippen molar-refractivity contribution in [1.29, 1.82) is 0 Å². The Balaban J connectivity index is 2.34. The highest BCUT2D eigenvalue weighted by molar-refractivity contribution is 7.88. The van der Waals surface area contributed by atoms with Crippen molar-refractivity contribution in [2.45, 2.75) is 46.2 Å². The van der Waals surface area contributed by atoms with E-state index in [9.17, 15) is 13.2 Å². The zero-order chi connectivity index (χ0) is 17.6. The second-order valence-corrected chi connectivity index (χ2v) is 7.83. The Morgan fingerprint density at radius 1 is 1.30 bits per heavy atom. The lowest BCUT2D eigenvalue weighted by Crippen LogP contribution is -2.40. The molecule has 1 aromatic heterocycles. The summed E-state index contributed by atoms with van der Waals surface area (Å²) in [5, 5.41) is 5.50. The Morgan fingerprint density at radius 3 is 2.43 bits per heavy atom. The molecule has 0 aromatic carbocycles. The number of amides is 2. The van der Waals surface area contributed by atoms with Crippen molar-refractivity contribution in [2.75, 3.05) is 19.3 Å². The molecule has 132 valence electrons. The van der Waals surface area contributed by atoms with E-state index >= 15 is 0 Å². The van der Waals surface area contributed by atoms with Gasteiger partial charge >= 0.3 is 6.03 Å². The summed E-state index contributed by atoms with van der Waals surface area (Å²) >= 11 is 0. The summed E-state index contributed by atoms with van der Waals surface area (Å²) in [6.45, 7) is 8.11. The standard InChI is InChI=1S/C15H27N3O4S/c1-11(2)18(23(5,20)21)10-6-9-16-15(19)17-13(4)14-8-7-12(3)22-14/h7-8,11,13H,6,9-10H2,1-5H3,(H2,16,17,19). The molecular formula is C15H27N3O4S. The summed E-state index contributed by atoms with van der Waals surface area (Å²) in [5.74, 6) is 1.49. The van der Waals surface area contributed by atoms with Gasteiger partial charge in [-0.1, -0.05) is 0 Å². The molecule has 0 fully saturated rings. The van der Waals surface area contributed by atoms with Crippen molar-refractivity contribution in [3.05, 3.63) is 23.7 Å². The summed E-state index contributed by atoms with van der Waals surface area (Å²) < 4.78 is 30.1. The highest BCUT2D eigenvalue weighted by Gasteiger charge is 2.19. The van der Waals surface area contributed by atoms with Gasteiger partial charge in [0.25, 0.3) is 0 Å². The Kier molecular flexibility index (Phi) is 7.08. The van der Waals surface area contributed by atoms with Gasteiger partial charge in [0.15, 0.2) is 0 Å². The molecule has 0 saturated heterocycles. The van der Waals surface area contributed by atoms with Crippen LogP contribution in [0.5, 0.6) is 0 Å². The van der Waals surface area contributed by atoms with Gasteiger partial charge in [0.05, 0.1) is 12.3 Å². The molecule has 23 heavy (non-hydrogen) atoms. The summed E-state index contributed by atoms with van der Waals surface area (Å²) in [6, 6.07) is 3.04. The van der Waals surface area contributed by atoms with E-state index in [1.165, 1.54) is 10.6 Å². The van der Waals surface area contributed by atoms with Gasteiger partial charge in [-0.15, -0.1) is 0 Å². The van der Waals surface area contributed by atoms with Gasteiger partial charge in [-0.05, 0) is 46.2 Å². The predicted molar refractivity (Wildman–Crippen MR) is 89.7 cm³/mol. The molecule has 1 heterocycles. The topological polar surface area (TPSA) is 91.7 Å². The first-order valence-electron chi connectivity index (χ1n) is 7.68. The molecule has 1 aromatic rings. The maximum Gasteiger partial charge on any atom is 0.315 e. The largest absolute Gasteiger partial charge is 0.464 e. The molecule has 0 aliphatic carbocycles. The molecule has 0 aliphatic rings. The van der Waals surface area contributed by atoms with E-state index < -0.39 is 10.0 Å². The fraction of sp³-hybridized carbons (Fsp3) is 0.667. The van der Waals surface area contributed by atoms with Crippen molar-refractivity contribution >= 4 is 16.1 Å². The van der Waals surface area contributed by atoms with Crippen molar-refractivity contribution in [3.8, 4) is 0 Å². The third-order valence-corrected chi connectivity index (χ3v) is 4.83. The Hall–Kier alpha value is -1.54. The van der Waals surface area contributed by atoms with Crippen LogP contribution in [0, 0.1) is 6.92 Å². The Bertz CT molecular complexity index is 610. The number of rotatable bonds is 8. The van der Waals surface area contributed by atoms with Crippen LogP contribution in [0.4, 0.5) is 4.79 Å². The van der Waals surface area contributed by atoms with Crippen molar-refractivity contribution in [3.63, 3.8) is 0 Å². The van der Waals surface area contributed by atoms with Crippen LogP contribution in [0.3, 0.4) is 0 Å². The minimum atomic E-state index is -3.22. The van der Waals surface area contributed by atoms with E-state index in [1.54, 1.807) is 0 Å². The molecule has 7 nitrogen and oxygen atoms in total. The Morgan fingerprint density at radius 2 is 1.96 bits per heavy atom. The molecule has 0 spiro atoms. The second-order valence-electron chi connectivity index (χ2n) is 5.89. The van der Waals surface area contributed by atoms with E-state index in [-0.39, 0.29) is 18.1 Å². The molecule has 1 atom stereocenters. The van der Waals surface area contributed by atoms with Crippen molar-refractivity contribution < 1.29 is 17.6 Å². The van der Waals surface area contributed by atoms with Gasteiger partial charge < -0.3 is 15.1 Å². The number of sulfonamides is 1. The monoisotopic (exact) mass is 345 g/mol. The first-order valence-corrected chi connectivity index (χ1v) is 9.53. The minimum Gasteiger partial charge on any atom is -0.464 e. The summed E-state index contributed by atoms with van der Waals surface area (Å²) in [7, 11) is -3.22. The van der Waals surface area contributed by atoms with Gasteiger partial charge in [-0.3, -0.25) is 0 Å². The molecule has 0 radical (unpaired) electrons. The van der Waals surface area contributed by atoms with Crippen LogP contribution >= 0.6 is 0 Å². The molecule has 1 rings (SSSR count). The number of hydrogen-bond donors (Lipinski definition) is 2. The molecule has 8 heteroatoms. The minimum absolute atomic E-state index is 0.0963. The van der Waals surface area contributed by atoms with Crippen LogP contribution in [-0.2, 0) is 10.0 Å². The van der Waals surface area contributed by atoms with Crippen LogP contribution in [0.15, 0.2) is 16.5 Å².